The zero-order valence-electron chi connectivity index (χ0n) is 8.45. The van der Waals surface area contributed by atoms with Crippen LogP contribution in [0.25, 0.3) is 0 Å². The molecule has 0 aliphatic rings. The molecule has 2 nitrogen and oxygen atoms in total. The molecule has 0 N–H and O–H groups in total. The molecule has 0 heterocycles. The molecule has 0 spiro atoms. The molecule has 1 rings (SSSR count). The van der Waals surface area contributed by atoms with Gasteiger partial charge in [-0.2, -0.15) is 0 Å². The van der Waals surface area contributed by atoms with E-state index >= 15 is 0 Å². The number of methoxy groups -OCH3 is 1. The van der Waals surface area contributed by atoms with E-state index in [2.05, 4.69) is 0 Å². The Hall–Kier alpha value is -0.800. The first kappa shape index (κ1) is 11.3. The predicted molar refractivity (Wildman–Crippen MR) is 59.0 cm³/mol. The van der Waals surface area contributed by atoms with Gasteiger partial charge in [0.15, 0.2) is 5.78 Å². The van der Waals surface area contributed by atoms with Gasteiger partial charge in [-0.1, -0.05) is 12.1 Å². The standard InChI is InChI=1S/C11H14O2S/c1-9(12)10-4-3-5-11(8-10)14-7-6-13-2/h3-5,8H,6-7H2,1-2H3. The summed E-state index contributed by atoms with van der Waals surface area (Å²) in [5, 5.41) is 0. The molecule has 0 atom stereocenters. The molecular weight excluding hydrogens is 196 g/mol. The van der Waals surface area contributed by atoms with E-state index in [1.165, 1.54) is 0 Å². The third-order valence-corrected chi connectivity index (χ3v) is 2.75. The molecule has 76 valence electrons. The summed E-state index contributed by atoms with van der Waals surface area (Å²) in [4.78, 5) is 12.2. The van der Waals surface area contributed by atoms with Crippen LogP contribution in [-0.4, -0.2) is 25.3 Å². The van der Waals surface area contributed by atoms with Crippen LogP contribution < -0.4 is 0 Å². The molecule has 0 amide bonds. The second-order valence-corrected chi connectivity index (χ2v) is 4.09. The Balaban J connectivity index is 2.59. The molecule has 0 unspecified atom stereocenters. The number of ether oxygens (including phenoxy) is 1. The molecule has 1 aromatic rings. The monoisotopic (exact) mass is 210 g/mol. The topological polar surface area (TPSA) is 26.3 Å². The summed E-state index contributed by atoms with van der Waals surface area (Å²) in [5.41, 5.74) is 0.771. The molecule has 0 aromatic heterocycles. The number of benzene rings is 1. The Morgan fingerprint density at radius 2 is 2.29 bits per heavy atom. The molecule has 0 radical (unpaired) electrons. The van der Waals surface area contributed by atoms with Gasteiger partial charge in [-0.25, -0.2) is 0 Å². The average Bonchev–Trinajstić information content (AvgIpc) is 2.19. The van der Waals surface area contributed by atoms with Crippen LogP contribution in [0, 0.1) is 0 Å². The molecule has 14 heavy (non-hydrogen) atoms. The van der Waals surface area contributed by atoms with Crippen LogP contribution in [0.1, 0.15) is 17.3 Å². The normalized spacial score (nSPS) is 10.1. The first-order valence-electron chi connectivity index (χ1n) is 4.47. The van der Waals surface area contributed by atoms with Gasteiger partial charge in [-0.05, 0) is 19.1 Å². The molecule has 0 saturated carbocycles. The van der Waals surface area contributed by atoms with Crippen molar-refractivity contribution in [2.24, 2.45) is 0 Å². The lowest BCUT2D eigenvalue weighted by atomic mass is 10.2. The summed E-state index contributed by atoms with van der Waals surface area (Å²) in [5.74, 6) is 1.02. The Labute approximate surface area is 88.7 Å². The first-order chi connectivity index (χ1) is 6.74. The highest BCUT2D eigenvalue weighted by Gasteiger charge is 2.00. The average molecular weight is 210 g/mol. The molecule has 0 aliphatic heterocycles. The lowest BCUT2D eigenvalue weighted by Crippen LogP contribution is -1.93. The largest absolute Gasteiger partial charge is 0.384 e. The van der Waals surface area contributed by atoms with Gasteiger partial charge in [0.1, 0.15) is 0 Å². The third-order valence-electron chi connectivity index (χ3n) is 1.80. The highest BCUT2D eigenvalue weighted by Crippen LogP contribution is 2.18. The van der Waals surface area contributed by atoms with E-state index in [0.29, 0.717) is 0 Å². The van der Waals surface area contributed by atoms with Crippen LogP contribution >= 0.6 is 11.8 Å². The summed E-state index contributed by atoms with van der Waals surface area (Å²) in [7, 11) is 1.69. The van der Waals surface area contributed by atoms with E-state index in [1.54, 1.807) is 25.8 Å². The number of rotatable bonds is 5. The van der Waals surface area contributed by atoms with Crippen molar-refractivity contribution in [1.82, 2.24) is 0 Å². The summed E-state index contributed by atoms with van der Waals surface area (Å²) < 4.78 is 4.95. The number of ketones is 1. The van der Waals surface area contributed by atoms with Crippen molar-refractivity contribution < 1.29 is 9.53 Å². The van der Waals surface area contributed by atoms with E-state index in [4.69, 9.17) is 4.74 Å². The van der Waals surface area contributed by atoms with Crippen molar-refractivity contribution in [2.45, 2.75) is 11.8 Å². The fourth-order valence-corrected chi connectivity index (χ4v) is 1.92. The molecule has 0 bridgehead atoms. The lowest BCUT2D eigenvalue weighted by Gasteiger charge is -2.02. The lowest BCUT2D eigenvalue weighted by molar-refractivity contribution is 0.101. The third kappa shape index (κ3) is 3.52. The zero-order chi connectivity index (χ0) is 10.4. The minimum Gasteiger partial charge on any atom is -0.384 e. The van der Waals surface area contributed by atoms with E-state index in [1.807, 2.05) is 24.3 Å². The van der Waals surface area contributed by atoms with Gasteiger partial charge in [0.25, 0.3) is 0 Å². The van der Waals surface area contributed by atoms with Gasteiger partial charge in [0, 0.05) is 23.3 Å². The number of carbonyl (C=O) groups excluding carboxylic acids is 1. The fourth-order valence-electron chi connectivity index (χ4n) is 1.05. The van der Waals surface area contributed by atoms with Gasteiger partial charge in [-0.15, -0.1) is 11.8 Å². The molecule has 3 heteroatoms. The highest BCUT2D eigenvalue weighted by atomic mass is 32.2. The maximum Gasteiger partial charge on any atom is 0.159 e. The van der Waals surface area contributed by atoms with Crippen LogP contribution in [-0.2, 0) is 4.74 Å². The van der Waals surface area contributed by atoms with E-state index < -0.39 is 0 Å². The smallest absolute Gasteiger partial charge is 0.159 e. The van der Waals surface area contributed by atoms with Gasteiger partial charge in [-0.3, -0.25) is 4.79 Å². The predicted octanol–water partition coefficient (Wildman–Crippen LogP) is 2.63. The van der Waals surface area contributed by atoms with Gasteiger partial charge in [0.05, 0.1) is 6.61 Å². The fraction of sp³-hybridized carbons (Fsp3) is 0.364. The SMILES string of the molecule is COCCSc1cccc(C(C)=O)c1. The maximum atomic E-state index is 11.1. The van der Waals surface area contributed by atoms with Crippen LogP contribution in [0.5, 0.6) is 0 Å². The van der Waals surface area contributed by atoms with Gasteiger partial charge >= 0.3 is 0 Å². The second-order valence-electron chi connectivity index (χ2n) is 2.93. The van der Waals surface area contributed by atoms with Crippen LogP contribution in [0.15, 0.2) is 29.2 Å². The highest BCUT2D eigenvalue weighted by molar-refractivity contribution is 7.99. The van der Waals surface area contributed by atoms with Crippen LogP contribution in [0.3, 0.4) is 0 Å². The van der Waals surface area contributed by atoms with Gasteiger partial charge < -0.3 is 4.74 Å². The second kappa shape index (κ2) is 5.83. The van der Waals surface area contributed by atoms with E-state index in [-0.39, 0.29) is 5.78 Å². The number of hydrogen-bond acceptors (Lipinski definition) is 3. The molecule has 0 saturated heterocycles. The quantitative estimate of drug-likeness (QED) is 0.424. The number of carbonyl (C=O) groups is 1. The Bertz CT molecular complexity index is 310. The Morgan fingerprint density at radius 1 is 1.50 bits per heavy atom. The summed E-state index contributed by atoms with van der Waals surface area (Å²) in [6, 6.07) is 7.67. The molecular formula is C11H14O2S. The van der Waals surface area contributed by atoms with Crippen molar-refractivity contribution >= 4 is 17.5 Å². The van der Waals surface area contributed by atoms with Crippen molar-refractivity contribution in [3.8, 4) is 0 Å². The van der Waals surface area contributed by atoms with Gasteiger partial charge in [0.2, 0.25) is 0 Å². The van der Waals surface area contributed by atoms with E-state index in [0.717, 1.165) is 22.8 Å². The van der Waals surface area contributed by atoms with Crippen molar-refractivity contribution in [2.75, 3.05) is 19.5 Å². The molecule has 0 aliphatic carbocycles. The number of hydrogen-bond donors (Lipinski definition) is 0. The zero-order valence-corrected chi connectivity index (χ0v) is 9.26. The Morgan fingerprint density at radius 3 is 2.93 bits per heavy atom. The van der Waals surface area contributed by atoms with Crippen LogP contribution in [0.4, 0.5) is 0 Å². The summed E-state index contributed by atoms with van der Waals surface area (Å²) >= 11 is 1.70. The molecule has 1 aromatic carbocycles. The number of thioether (sulfide) groups is 1. The minimum atomic E-state index is 0.110. The summed E-state index contributed by atoms with van der Waals surface area (Å²) in [6.45, 7) is 2.31. The first-order valence-corrected chi connectivity index (χ1v) is 5.45. The maximum absolute atomic E-state index is 11.1. The molecule has 0 fully saturated rings. The van der Waals surface area contributed by atoms with E-state index in [9.17, 15) is 4.79 Å². The number of Topliss-reactive ketones (excluding diaryl/α,β-unsaturated/α-hetero) is 1. The van der Waals surface area contributed by atoms with Crippen molar-refractivity contribution in [1.29, 1.82) is 0 Å². The van der Waals surface area contributed by atoms with Crippen molar-refractivity contribution in [3.63, 3.8) is 0 Å². The summed E-state index contributed by atoms with van der Waals surface area (Å²) in [6.07, 6.45) is 0. The Kier molecular flexibility index (Phi) is 4.70. The van der Waals surface area contributed by atoms with Crippen molar-refractivity contribution in [3.05, 3.63) is 29.8 Å². The minimum absolute atomic E-state index is 0.110. The van der Waals surface area contributed by atoms with Crippen LogP contribution in [0.2, 0.25) is 0 Å².